The first-order valence-corrected chi connectivity index (χ1v) is 6.81. The van der Waals surface area contributed by atoms with Crippen molar-refractivity contribution >= 4 is 39.1 Å². The molecule has 108 valence electrons. The van der Waals surface area contributed by atoms with Gasteiger partial charge in [-0.2, -0.15) is 0 Å². The fourth-order valence-corrected chi connectivity index (χ4v) is 2.16. The summed E-state index contributed by atoms with van der Waals surface area (Å²) >= 11 is 9.10. The molecule has 0 fully saturated rings. The average Bonchev–Trinajstić information content (AvgIpc) is 2.40. The molecule has 0 aromatic heterocycles. The van der Waals surface area contributed by atoms with E-state index in [9.17, 15) is 10.1 Å². The molecule has 2 rings (SSSR count). The molecule has 0 aliphatic carbocycles. The van der Waals surface area contributed by atoms with Gasteiger partial charge < -0.3 is 10.5 Å². The van der Waals surface area contributed by atoms with Crippen molar-refractivity contribution in [3.05, 3.63) is 61.6 Å². The van der Waals surface area contributed by atoms with Crippen LogP contribution in [0.15, 0.2) is 40.9 Å². The largest absolute Gasteiger partial charge is 0.449 e. The molecule has 6 nitrogen and oxygen atoms in total. The molecule has 2 aromatic rings. The number of amidine groups is 1. The van der Waals surface area contributed by atoms with Gasteiger partial charge in [0.25, 0.3) is 0 Å². The van der Waals surface area contributed by atoms with E-state index in [0.29, 0.717) is 15.1 Å². The van der Waals surface area contributed by atoms with E-state index in [1.165, 1.54) is 18.2 Å². The lowest BCUT2D eigenvalue weighted by Crippen LogP contribution is -2.12. The van der Waals surface area contributed by atoms with Gasteiger partial charge in [0.15, 0.2) is 0 Å². The number of rotatable bonds is 4. The van der Waals surface area contributed by atoms with E-state index in [-0.39, 0.29) is 23.0 Å². The quantitative estimate of drug-likeness (QED) is 0.366. The molecule has 3 N–H and O–H groups in total. The summed E-state index contributed by atoms with van der Waals surface area (Å²) < 4.78 is 6.24. The van der Waals surface area contributed by atoms with Crippen molar-refractivity contribution in [3.8, 4) is 11.5 Å². The summed E-state index contributed by atoms with van der Waals surface area (Å²) in [4.78, 5) is 10.4. The third kappa shape index (κ3) is 3.50. The SMILES string of the molecule is N=C(N)c1cc(Br)ccc1Oc1cc(Cl)ccc1[N+](=O)[O-]. The van der Waals surface area contributed by atoms with E-state index in [1.807, 2.05) is 0 Å². The highest BCUT2D eigenvalue weighted by Gasteiger charge is 2.18. The van der Waals surface area contributed by atoms with Crippen LogP contribution in [0, 0.1) is 15.5 Å². The second kappa shape index (κ2) is 6.11. The van der Waals surface area contributed by atoms with Crippen molar-refractivity contribution in [3.63, 3.8) is 0 Å². The molecule has 2 aromatic carbocycles. The second-order valence-corrected chi connectivity index (χ2v) is 5.38. The van der Waals surface area contributed by atoms with E-state index < -0.39 is 4.92 Å². The fraction of sp³-hybridized carbons (Fsp3) is 0. The van der Waals surface area contributed by atoms with Crippen LogP contribution < -0.4 is 10.5 Å². The molecular formula is C13H9BrClN3O3. The van der Waals surface area contributed by atoms with Gasteiger partial charge in [0.05, 0.1) is 10.5 Å². The van der Waals surface area contributed by atoms with Crippen LogP contribution in [0.4, 0.5) is 5.69 Å². The smallest absolute Gasteiger partial charge is 0.311 e. The van der Waals surface area contributed by atoms with Gasteiger partial charge in [-0.15, -0.1) is 0 Å². The summed E-state index contributed by atoms with van der Waals surface area (Å²) in [6, 6.07) is 8.83. The standard InChI is InChI=1S/C13H9BrClN3O3/c14-7-1-4-11(9(5-7)13(16)17)21-12-6-8(15)2-3-10(12)18(19)20/h1-6H,(H3,16,17). The molecular weight excluding hydrogens is 362 g/mol. The number of halogens is 2. The number of nitro benzene ring substituents is 1. The third-order valence-corrected chi connectivity index (χ3v) is 3.30. The zero-order chi connectivity index (χ0) is 15.6. The van der Waals surface area contributed by atoms with Gasteiger partial charge in [0.1, 0.15) is 11.6 Å². The van der Waals surface area contributed by atoms with Crippen LogP contribution in [0.3, 0.4) is 0 Å². The Bertz CT molecular complexity index is 737. The Morgan fingerprint density at radius 3 is 2.62 bits per heavy atom. The molecule has 0 saturated heterocycles. The summed E-state index contributed by atoms with van der Waals surface area (Å²) in [6.07, 6.45) is 0. The van der Waals surface area contributed by atoms with Gasteiger partial charge in [0, 0.05) is 21.6 Å². The molecule has 0 aliphatic rings. The van der Waals surface area contributed by atoms with E-state index in [0.717, 1.165) is 0 Å². The minimum Gasteiger partial charge on any atom is -0.449 e. The first-order chi connectivity index (χ1) is 9.88. The first-order valence-electron chi connectivity index (χ1n) is 5.64. The molecule has 0 unspecified atom stereocenters. The molecule has 21 heavy (non-hydrogen) atoms. The van der Waals surface area contributed by atoms with Crippen LogP contribution in [0.2, 0.25) is 5.02 Å². The van der Waals surface area contributed by atoms with Gasteiger partial charge in [-0.25, -0.2) is 0 Å². The number of nitrogens with two attached hydrogens (primary N) is 1. The van der Waals surface area contributed by atoms with Crippen molar-refractivity contribution in [2.75, 3.05) is 0 Å². The second-order valence-electron chi connectivity index (χ2n) is 4.03. The maximum absolute atomic E-state index is 11.0. The first kappa shape index (κ1) is 15.3. The molecule has 8 heteroatoms. The number of nitrogen functional groups attached to an aromatic ring is 1. The molecule has 0 spiro atoms. The highest BCUT2D eigenvalue weighted by Crippen LogP contribution is 2.35. The summed E-state index contributed by atoms with van der Waals surface area (Å²) in [5.41, 5.74) is 5.58. The summed E-state index contributed by atoms with van der Waals surface area (Å²) in [5, 5.41) is 18.8. The predicted octanol–water partition coefficient (Wildman–Crippen LogP) is 4.09. The van der Waals surface area contributed by atoms with Crippen LogP contribution in [-0.2, 0) is 0 Å². The molecule has 0 atom stereocenters. The number of ether oxygens (including phenoxy) is 1. The van der Waals surface area contributed by atoms with Crippen molar-refractivity contribution in [1.82, 2.24) is 0 Å². The van der Waals surface area contributed by atoms with Gasteiger partial charge in [-0.3, -0.25) is 15.5 Å². The van der Waals surface area contributed by atoms with Crippen LogP contribution in [0.5, 0.6) is 11.5 Å². The lowest BCUT2D eigenvalue weighted by molar-refractivity contribution is -0.385. The molecule has 0 aliphatic heterocycles. The number of hydrogen-bond acceptors (Lipinski definition) is 4. The normalized spacial score (nSPS) is 10.2. The Labute approximate surface area is 133 Å². The molecule has 0 heterocycles. The molecule has 0 bridgehead atoms. The van der Waals surface area contributed by atoms with E-state index in [4.69, 9.17) is 27.5 Å². The fourth-order valence-electron chi connectivity index (χ4n) is 1.64. The highest BCUT2D eigenvalue weighted by atomic mass is 79.9. The monoisotopic (exact) mass is 369 g/mol. The Balaban J connectivity index is 2.50. The average molecular weight is 371 g/mol. The van der Waals surface area contributed by atoms with Crippen molar-refractivity contribution < 1.29 is 9.66 Å². The van der Waals surface area contributed by atoms with Gasteiger partial charge >= 0.3 is 5.69 Å². The Morgan fingerprint density at radius 2 is 2.00 bits per heavy atom. The maximum Gasteiger partial charge on any atom is 0.311 e. The van der Waals surface area contributed by atoms with Gasteiger partial charge in [-0.1, -0.05) is 27.5 Å². The predicted molar refractivity (Wildman–Crippen MR) is 83.3 cm³/mol. The van der Waals surface area contributed by atoms with E-state index in [2.05, 4.69) is 15.9 Å². The zero-order valence-corrected chi connectivity index (χ0v) is 12.8. The number of nitro groups is 1. The third-order valence-electron chi connectivity index (χ3n) is 2.57. The lowest BCUT2D eigenvalue weighted by Gasteiger charge is -2.11. The minimum atomic E-state index is -0.571. The molecule has 0 amide bonds. The number of benzene rings is 2. The van der Waals surface area contributed by atoms with Crippen molar-refractivity contribution in [2.45, 2.75) is 0 Å². The van der Waals surface area contributed by atoms with Gasteiger partial charge in [-0.05, 0) is 24.3 Å². The van der Waals surface area contributed by atoms with Gasteiger partial charge in [0.2, 0.25) is 5.75 Å². The highest BCUT2D eigenvalue weighted by molar-refractivity contribution is 9.10. The molecule has 0 saturated carbocycles. The number of hydrogen-bond donors (Lipinski definition) is 2. The number of nitrogens with one attached hydrogen (secondary N) is 1. The van der Waals surface area contributed by atoms with E-state index in [1.54, 1.807) is 18.2 Å². The topological polar surface area (TPSA) is 102 Å². The van der Waals surface area contributed by atoms with Crippen LogP contribution >= 0.6 is 27.5 Å². The maximum atomic E-state index is 11.0. The summed E-state index contributed by atoms with van der Waals surface area (Å²) in [7, 11) is 0. The Hall–Kier alpha value is -2.12. The van der Waals surface area contributed by atoms with Crippen LogP contribution in [0.1, 0.15) is 5.56 Å². The minimum absolute atomic E-state index is 0.0164. The van der Waals surface area contributed by atoms with Crippen LogP contribution in [-0.4, -0.2) is 10.8 Å². The Kier molecular flexibility index (Phi) is 4.44. The van der Waals surface area contributed by atoms with E-state index >= 15 is 0 Å². The zero-order valence-electron chi connectivity index (χ0n) is 10.5. The van der Waals surface area contributed by atoms with Crippen molar-refractivity contribution in [2.24, 2.45) is 5.73 Å². The Morgan fingerprint density at radius 1 is 1.29 bits per heavy atom. The van der Waals surface area contributed by atoms with Crippen LogP contribution in [0.25, 0.3) is 0 Å². The number of nitrogens with zero attached hydrogens (tertiary/aromatic N) is 1. The summed E-state index contributed by atoms with van der Waals surface area (Å²) in [6.45, 7) is 0. The molecule has 0 radical (unpaired) electrons. The lowest BCUT2D eigenvalue weighted by atomic mass is 10.2. The summed E-state index contributed by atoms with van der Waals surface area (Å²) in [5.74, 6) is 0.00405. The van der Waals surface area contributed by atoms with Crippen molar-refractivity contribution in [1.29, 1.82) is 5.41 Å².